The first-order chi connectivity index (χ1) is 19.4. The third-order valence-corrected chi connectivity index (χ3v) is 7.70. The first kappa shape index (κ1) is 27.4. The first-order valence-electron chi connectivity index (χ1n) is 14.1. The van der Waals surface area contributed by atoms with Crippen molar-refractivity contribution >= 4 is 17.5 Å². The van der Waals surface area contributed by atoms with E-state index in [1.807, 2.05) is 60.7 Å². The van der Waals surface area contributed by atoms with Crippen LogP contribution in [-0.2, 0) is 4.79 Å². The second-order valence-corrected chi connectivity index (χ2v) is 10.9. The number of H-pyrrole nitrogens is 1. The molecule has 0 bridgehead atoms. The van der Waals surface area contributed by atoms with Gasteiger partial charge in [0.1, 0.15) is 17.6 Å². The highest BCUT2D eigenvalue weighted by atomic mass is 19.1. The lowest BCUT2D eigenvalue weighted by molar-refractivity contribution is -0.123. The Hall–Kier alpha value is -4.19. The maximum absolute atomic E-state index is 14.3. The van der Waals surface area contributed by atoms with Gasteiger partial charge in [-0.25, -0.2) is 4.39 Å². The van der Waals surface area contributed by atoms with Crippen molar-refractivity contribution < 1.29 is 14.0 Å². The Morgan fingerprint density at radius 2 is 1.48 bits per heavy atom. The number of hydrogen-bond acceptors (Lipinski definition) is 2. The van der Waals surface area contributed by atoms with E-state index in [2.05, 4.69) is 24.1 Å². The average Bonchev–Trinajstić information content (AvgIpc) is 3.48. The van der Waals surface area contributed by atoms with Crippen LogP contribution in [-0.4, -0.2) is 22.8 Å². The molecule has 2 amide bonds. The molecule has 1 fully saturated rings. The van der Waals surface area contributed by atoms with E-state index in [9.17, 15) is 14.0 Å². The van der Waals surface area contributed by atoms with E-state index in [0.29, 0.717) is 22.9 Å². The molecule has 206 valence electrons. The van der Waals surface area contributed by atoms with Gasteiger partial charge in [0.25, 0.3) is 5.91 Å². The topological polar surface area (TPSA) is 65.2 Å². The van der Waals surface area contributed by atoms with Crippen molar-refractivity contribution in [3.63, 3.8) is 0 Å². The van der Waals surface area contributed by atoms with E-state index >= 15 is 0 Å². The minimum atomic E-state index is -0.983. The summed E-state index contributed by atoms with van der Waals surface area (Å²) in [6, 6.07) is 26.1. The predicted octanol–water partition coefficient (Wildman–Crippen LogP) is 7.78. The van der Waals surface area contributed by atoms with Gasteiger partial charge in [-0.1, -0.05) is 87.7 Å². The third kappa shape index (κ3) is 6.17. The summed E-state index contributed by atoms with van der Waals surface area (Å²) in [6.45, 7) is 4.22. The molecule has 1 saturated carbocycles. The molecule has 0 saturated heterocycles. The molecule has 1 heterocycles. The van der Waals surface area contributed by atoms with Crippen LogP contribution in [0.2, 0.25) is 0 Å². The highest BCUT2D eigenvalue weighted by molar-refractivity contribution is 6.09. The third-order valence-electron chi connectivity index (χ3n) is 7.70. The highest BCUT2D eigenvalue weighted by Gasteiger charge is 2.35. The number of carbonyl (C=O) groups excluding carboxylic acids is 2. The average molecular weight is 538 g/mol. The quantitative estimate of drug-likeness (QED) is 0.241. The fourth-order valence-electron chi connectivity index (χ4n) is 5.43. The molecule has 0 unspecified atom stereocenters. The number of aromatic nitrogens is 1. The van der Waals surface area contributed by atoms with Gasteiger partial charge in [0.05, 0.1) is 0 Å². The number of halogens is 1. The summed E-state index contributed by atoms with van der Waals surface area (Å²) in [4.78, 5) is 33.2. The Morgan fingerprint density at radius 3 is 2.12 bits per heavy atom. The van der Waals surface area contributed by atoms with E-state index in [0.717, 1.165) is 48.9 Å². The van der Waals surface area contributed by atoms with Crippen LogP contribution in [0.1, 0.15) is 79.5 Å². The van der Waals surface area contributed by atoms with Gasteiger partial charge >= 0.3 is 0 Å². The molecule has 40 heavy (non-hydrogen) atoms. The normalized spacial score (nSPS) is 14.6. The van der Waals surface area contributed by atoms with Crippen molar-refractivity contribution in [3.05, 3.63) is 114 Å². The first-order valence-corrected chi connectivity index (χ1v) is 14.1. The molecule has 1 atom stereocenters. The Bertz CT molecular complexity index is 1420. The van der Waals surface area contributed by atoms with Gasteiger partial charge in [0, 0.05) is 17.4 Å². The van der Waals surface area contributed by atoms with E-state index in [-0.39, 0.29) is 17.9 Å². The summed E-state index contributed by atoms with van der Waals surface area (Å²) in [5.41, 5.74) is 4.41. The molecule has 1 aliphatic rings. The highest BCUT2D eigenvalue weighted by Crippen LogP contribution is 2.32. The number of aromatic amines is 1. The molecule has 1 aliphatic carbocycles. The molecule has 4 aromatic rings. The Labute approximate surface area is 235 Å². The molecule has 0 spiro atoms. The van der Waals surface area contributed by atoms with Crippen LogP contribution in [0.4, 0.5) is 10.1 Å². The molecule has 6 heteroatoms. The van der Waals surface area contributed by atoms with Crippen LogP contribution < -0.4 is 10.2 Å². The second-order valence-electron chi connectivity index (χ2n) is 10.9. The van der Waals surface area contributed by atoms with E-state index in [1.54, 1.807) is 18.2 Å². The Balaban J connectivity index is 1.58. The van der Waals surface area contributed by atoms with Gasteiger partial charge < -0.3 is 10.3 Å². The van der Waals surface area contributed by atoms with Crippen LogP contribution in [0.15, 0.2) is 91.0 Å². The lowest BCUT2D eigenvalue weighted by Crippen LogP contribution is -2.47. The smallest absolute Gasteiger partial charge is 0.275 e. The Morgan fingerprint density at radius 1 is 0.825 bits per heavy atom. The molecule has 1 aromatic heterocycles. The number of rotatable bonds is 8. The molecule has 3 aromatic carbocycles. The summed E-state index contributed by atoms with van der Waals surface area (Å²) in [6.07, 6.45) is 5.12. The molecule has 2 N–H and O–H groups in total. The van der Waals surface area contributed by atoms with Crippen LogP contribution in [0.25, 0.3) is 11.3 Å². The number of amides is 2. The monoisotopic (exact) mass is 537 g/mol. The van der Waals surface area contributed by atoms with E-state index in [1.165, 1.54) is 17.0 Å². The van der Waals surface area contributed by atoms with Crippen LogP contribution in [0, 0.1) is 5.82 Å². The van der Waals surface area contributed by atoms with Crippen LogP contribution in [0.3, 0.4) is 0 Å². The SMILES string of the molecule is CC(C)c1ccc(N(C(=O)c2ccc(-c3ccccc3)[nH]2)[C@H](C(=O)NC2CCCCC2)c2ccc(F)cc2)cc1. The van der Waals surface area contributed by atoms with Crippen molar-refractivity contribution in [3.8, 4) is 11.3 Å². The van der Waals surface area contributed by atoms with Gasteiger partial charge in [0.2, 0.25) is 5.91 Å². The van der Waals surface area contributed by atoms with Gasteiger partial charge in [-0.2, -0.15) is 0 Å². The molecule has 0 radical (unpaired) electrons. The van der Waals surface area contributed by atoms with Crippen LogP contribution in [0.5, 0.6) is 0 Å². The molecule has 5 rings (SSSR count). The minimum absolute atomic E-state index is 0.0552. The molecular formula is C34H36FN3O2. The summed E-state index contributed by atoms with van der Waals surface area (Å²) in [5, 5.41) is 3.21. The van der Waals surface area contributed by atoms with E-state index in [4.69, 9.17) is 0 Å². The van der Waals surface area contributed by atoms with Gasteiger partial charge in [-0.3, -0.25) is 14.5 Å². The lowest BCUT2D eigenvalue weighted by atomic mass is 9.94. The maximum Gasteiger partial charge on any atom is 0.275 e. The Kier molecular flexibility index (Phi) is 8.44. The van der Waals surface area contributed by atoms with Crippen molar-refractivity contribution in [2.75, 3.05) is 4.90 Å². The maximum atomic E-state index is 14.3. The van der Waals surface area contributed by atoms with Crippen molar-refractivity contribution in [2.24, 2.45) is 0 Å². The number of hydrogen-bond donors (Lipinski definition) is 2. The van der Waals surface area contributed by atoms with Crippen molar-refractivity contribution in [1.82, 2.24) is 10.3 Å². The number of nitrogens with one attached hydrogen (secondary N) is 2. The number of benzene rings is 3. The van der Waals surface area contributed by atoms with E-state index < -0.39 is 11.9 Å². The fourth-order valence-corrected chi connectivity index (χ4v) is 5.43. The van der Waals surface area contributed by atoms with Gasteiger partial charge in [-0.05, 0) is 71.8 Å². The largest absolute Gasteiger partial charge is 0.351 e. The van der Waals surface area contributed by atoms with Gasteiger partial charge in [0.15, 0.2) is 0 Å². The predicted molar refractivity (Wildman–Crippen MR) is 158 cm³/mol. The molecular weight excluding hydrogens is 501 g/mol. The number of nitrogens with zero attached hydrogens (tertiary/aromatic N) is 1. The summed E-state index contributed by atoms with van der Waals surface area (Å²) in [5.74, 6) is -0.689. The fraction of sp³-hybridized carbons (Fsp3) is 0.294. The zero-order valence-electron chi connectivity index (χ0n) is 23.1. The van der Waals surface area contributed by atoms with Crippen LogP contribution >= 0.6 is 0 Å². The lowest BCUT2D eigenvalue weighted by Gasteiger charge is -2.33. The summed E-state index contributed by atoms with van der Waals surface area (Å²) < 4.78 is 14.0. The zero-order valence-corrected chi connectivity index (χ0v) is 23.1. The minimum Gasteiger partial charge on any atom is -0.351 e. The summed E-state index contributed by atoms with van der Waals surface area (Å²) in [7, 11) is 0. The summed E-state index contributed by atoms with van der Waals surface area (Å²) >= 11 is 0. The zero-order chi connectivity index (χ0) is 28.1. The van der Waals surface area contributed by atoms with Crippen molar-refractivity contribution in [2.45, 2.75) is 64.0 Å². The molecule has 0 aliphatic heterocycles. The second kappa shape index (κ2) is 12.3. The van der Waals surface area contributed by atoms with Crippen molar-refractivity contribution in [1.29, 1.82) is 0 Å². The number of carbonyl (C=O) groups is 2. The van der Waals surface area contributed by atoms with Gasteiger partial charge in [-0.15, -0.1) is 0 Å². The standard InChI is InChI=1S/C34H36FN3O2/c1-23(2)24-15-19-29(20-16-24)38(34(40)31-22-21-30(37-31)25-9-5-3-6-10-25)32(26-13-17-27(35)18-14-26)33(39)36-28-11-7-4-8-12-28/h3,5-6,9-10,13-23,28,32,37H,4,7-8,11-12H2,1-2H3,(H,36,39)/t32-/m0/s1. The number of anilines is 1. The molecule has 5 nitrogen and oxygen atoms in total.